The standard InChI is InChI=1S/C20H14F3N3O3/c1-28-19(27)18-17(25)13(10-24)11-26(18)16-5-3-2-4-15(16)12-6-8-14(9-7-12)29-20(21,22)23/h2-9,11H,25H2,1H3. The topological polar surface area (TPSA) is 90.3 Å². The monoisotopic (exact) mass is 401 g/mol. The summed E-state index contributed by atoms with van der Waals surface area (Å²) in [7, 11) is 1.19. The molecule has 0 aliphatic carbocycles. The predicted molar refractivity (Wildman–Crippen MR) is 98.4 cm³/mol. The molecule has 2 N–H and O–H groups in total. The van der Waals surface area contributed by atoms with Crippen molar-refractivity contribution < 1.29 is 27.4 Å². The number of ether oxygens (including phenoxy) is 2. The first kappa shape index (κ1) is 19.8. The van der Waals surface area contributed by atoms with Gasteiger partial charge in [0.1, 0.15) is 11.8 Å². The summed E-state index contributed by atoms with van der Waals surface area (Å²) in [5, 5.41) is 9.27. The van der Waals surface area contributed by atoms with E-state index < -0.39 is 12.3 Å². The third kappa shape index (κ3) is 4.01. The quantitative estimate of drug-likeness (QED) is 0.659. The van der Waals surface area contributed by atoms with E-state index in [0.29, 0.717) is 16.8 Å². The first-order valence-corrected chi connectivity index (χ1v) is 8.20. The van der Waals surface area contributed by atoms with E-state index in [1.807, 2.05) is 6.07 Å². The van der Waals surface area contributed by atoms with Crippen LogP contribution in [0.1, 0.15) is 16.1 Å². The number of hydrogen-bond donors (Lipinski definition) is 1. The van der Waals surface area contributed by atoms with Crippen molar-refractivity contribution in [3.8, 4) is 28.6 Å². The van der Waals surface area contributed by atoms with Crippen molar-refractivity contribution in [2.24, 2.45) is 0 Å². The van der Waals surface area contributed by atoms with Gasteiger partial charge in [-0.25, -0.2) is 4.79 Å². The Hall–Kier alpha value is -3.93. The van der Waals surface area contributed by atoms with Crippen LogP contribution in [0.2, 0.25) is 0 Å². The molecule has 0 saturated carbocycles. The lowest BCUT2D eigenvalue weighted by Crippen LogP contribution is -2.16. The van der Waals surface area contributed by atoms with Gasteiger partial charge in [0.2, 0.25) is 0 Å². The number of alkyl halides is 3. The Kier molecular flexibility index (Phi) is 5.19. The lowest BCUT2D eigenvalue weighted by Gasteiger charge is -2.14. The van der Waals surface area contributed by atoms with Gasteiger partial charge in [0.25, 0.3) is 0 Å². The molecule has 0 unspecified atom stereocenters. The number of anilines is 1. The van der Waals surface area contributed by atoms with Gasteiger partial charge in [-0.3, -0.25) is 0 Å². The molecule has 6 nitrogen and oxygen atoms in total. The van der Waals surface area contributed by atoms with Crippen molar-refractivity contribution >= 4 is 11.7 Å². The number of carbonyl (C=O) groups is 1. The summed E-state index contributed by atoms with van der Waals surface area (Å²) in [6, 6.07) is 14.0. The summed E-state index contributed by atoms with van der Waals surface area (Å²) in [6.45, 7) is 0. The Labute approximate surface area is 163 Å². The van der Waals surface area contributed by atoms with Gasteiger partial charge in [0.05, 0.1) is 24.0 Å². The Morgan fingerprint density at radius 1 is 1.14 bits per heavy atom. The Bertz CT molecular complexity index is 1100. The van der Waals surface area contributed by atoms with Crippen molar-refractivity contribution in [2.75, 3.05) is 12.8 Å². The second kappa shape index (κ2) is 7.59. The van der Waals surface area contributed by atoms with E-state index in [4.69, 9.17) is 10.5 Å². The van der Waals surface area contributed by atoms with Gasteiger partial charge >= 0.3 is 12.3 Å². The van der Waals surface area contributed by atoms with E-state index in [0.717, 1.165) is 0 Å². The highest BCUT2D eigenvalue weighted by atomic mass is 19.4. The van der Waals surface area contributed by atoms with Crippen LogP contribution in [-0.2, 0) is 4.74 Å². The Morgan fingerprint density at radius 3 is 2.38 bits per heavy atom. The van der Waals surface area contributed by atoms with Crippen molar-refractivity contribution in [3.63, 3.8) is 0 Å². The number of hydrogen-bond acceptors (Lipinski definition) is 5. The molecule has 1 aromatic heterocycles. The minimum absolute atomic E-state index is 0.0199. The van der Waals surface area contributed by atoms with Gasteiger partial charge in [0.15, 0.2) is 5.69 Å². The number of methoxy groups -OCH3 is 1. The second-order valence-electron chi connectivity index (χ2n) is 5.87. The van der Waals surface area contributed by atoms with Crippen LogP contribution >= 0.6 is 0 Å². The molecule has 0 radical (unpaired) electrons. The first-order valence-electron chi connectivity index (χ1n) is 8.20. The number of halogens is 3. The summed E-state index contributed by atoms with van der Waals surface area (Å²) < 4.78 is 47.2. The fourth-order valence-corrected chi connectivity index (χ4v) is 2.87. The van der Waals surface area contributed by atoms with Crippen LogP contribution in [0.3, 0.4) is 0 Å². The van der Waals surface area contributed by atoms with Crippen molar-refractivity contribution in [3.05, 3.63) is 66.0 Å². The number of para-hydroxylation sites is 1. The van der Waals surface area contributed by atoms with E-state index in [1.54, 1.807) is 24.3 Å². The number of aromatic nitrogens is 1. The number of benzene rings is 2. The molecule has 0 spiro atoms. The molecule has 2 aromatic carbocycles. The number of carbonyl (C=O) groups excluding carboxylic acids is 1. The van der Waals surface area contributed by atoms with E-state index in [1.165, 1.54) is 42.1 Å². The highest BCUT2D eigenvalue weighted by Gasteiger charge is 2.31. The predicted octanol–water partition coefficient (Wildman–Crippen LogP) is 4.28. The average Bonchev–Trinajstić information content (AvgIpc) is 3.03. The molecular formula is C20H14F3N3O3. The molecule has 0 saturated heterocycles. The van der Waals surface area contributed by atoms with Gasteiger partial charge in [-0.1, -0.05) is 30.3 Å². The number of nitrogens with two attached hydrogens (primary N) is 1. The van der Waals surface area contributed by atoms with Crippen molar-refractivity contribution in [2.45, 2.75) is 6.36 Å². The fourth-order valence-electron chi connectivity index (χ4n) is 2.87. The molecule has 29 heavy (non-hydrogen) atoms. The molecule has 0 bridgehead atoms. The van der Waals surface area contributed by atoms with Crippen molar-refractivity contribution in [1.29, 1.82) is 5.26 Å². The van der Waals surface area contributed by atoms with Crippen LogP contribution in [0.4, 0.5) is 18.9 Å². The molecule has 0 aliphatic rings. The number of nitrogens with zero attached hydrogens (tertiary/aromatic N) is 2. The molecule has 9 heteroatoms. The first-order chi connectivity index (χ1) is 13.7. The van der Waals surface area contributed by atoms with Crippen LogP contribution in [0, 0.1) is 11.3 Å². The minimum atomic E-state index is -4.79. The van der Waals surface area contributed by atoms with Crippen LogP contribution in [0.15, 0.2) is 54.7 Å². The molecule has 3 aromatic rings. The molecule has 0 atom stereocenters. The van der Waals surface area contributed by atoms with Crippen LogP contribution in [-0.4, -0.2) is 24.0 Å². The number of esters is 1. The van der Waals surface area contributed by atoms with E-state index >= 15 is 0 Å². The number of nitrogen functional groups attached to an aromatic ring is 1. The van der Waals surface area contributed by atoms with E-state index in [2.05, 4.69) is 4.74 Å². The summed E-state index contributed by atoms with van der Waals surface area (Å²) >= 11 is 0. The number of nitriles is 1. The molecule has 0 amide bonds. The van der Waals surface area contributed by atoms with Crippen LogP contribution in [0.5, 0.6) is 5.75 Å². The summed E-state index contributed by atoms with van der Waals surface area (Å²) in [5.74, 6) is -1.08. The fraction of sp³-hybridized carbons (Fsp3) is 0.100. The molecule has 3 rings (SSSR count). The van der Waals surface area contributed by atoms with Gasteiger partial charge in [0, 0.05) is 11.8 Å². The highest BCUT2D eigenvalue weighted by Crippen LogP contribution is 2.33. The molecular weight excluding hydrogens is 387 g/mol. The largest absolute Gasteiger partial charge is 0.573 e. The van der Waals surface area contributed by atoms with E-state index in [9.17, 15) is 23.2 Å². The second-order valence-corrected chi connectivity index (χ2v) is 5.87. The lowest BCUT2D eigenvalue weighted by atomic mass is 10.0. The van der Waals surface area contributed by atoms with Crippen LogP contribution < -0.4 is 10.5 Å². The summed E-state index contributed by atoms with van der Waals surface area (Å²) in [5.41, 5.74) is 7.63. The summed E-state index contributed by atoms with van der Waals surface area (Å²) in [6.07, 6.45) is -3.38. The summed E-state index contributed by atoms with van der Waals surface area (Å²) in [4.78, 5) is 12.2. The zero-order chi connectivity index (χ0) is 21.2. The Morgan fingerprint density at radius 2 is 1.79 bits per heavy atom. The number of rotatable bonds is 4. The average molecular weight is 401 g/mol. The van der Waals surface area contributed by atoms with Crippen molar-refractivity contribution in [1.82, 2.24) is 4.57 Å². The maximum atomic E-state index is 12.4. The third-order valence-electron chi connectivity index (χ3n) is 4.11. The maximum absolute atomic E-state index is 12.4. The van der Waals surface area contributed by atoms with E-state index in [-0.39, 0.29) is 22.7 Å². The Balaban J connectivity index is 2.12. The van der Waals surface area contributed by atoms with Crippen LogP contribution in [0.25, 0.3) is 16.8 Å². The van der Waals surface area contributed by atoms with Gasteiger partial charge in [-0.15, -0.1) is 13.2 Å². The lowest BCUT2D eigenvalue weighted by molar-refractivity contribution is -0.274. The third-order valence-corrected chi connectivity index (χ3v) is 4.11. The molecule has 0 aliphatic heterocycles. The SMILES string of the molecule is COC(=O)c1c(N)c(C#N)cn1-c1ccccc1-c1ccc(OC(F)(F)F)cc1. The highest BCUT2D eigenvalue weighted by molar-refractivity contribution is 5.96. The molecule has 148 valence electrons. The zero-order valence-electron chi connectivity index (χ0n) is 15.0. The normalized spacial score (nSPS) is 11.0. The zero-order valence-corrected chi connectivity index (χ0v) is 15.0. The maximum Gasteiger partial charge on any atom is 0.573 e. The van der Waals surface area contributed by atoms with Gasteiger partial charge in [-0.2, -0.15) is 5.26 Å². The molecule has 1 heterocycles. The smallest absolute Gasteiger partial charge is 0.464 e. The van der Waals surface area contributed by atoms with Gasteiger partial charge < -0.3 is 19.8 Å². The van der Waals surface area contributed by atoms with Gasteiger partial charge in [-0.05, 0) is 23.8 Å². The minimum Gasteiger partial charge on any atom is -0.464 e. The molecule has 0 fully saturated rings.